The summed E-state index contributed by atoms with van der Waals surface area (Å²) in [6, 6.07) is 25.5. The van der Waals surface area contributed by atoms with Crippen molar-refractivity contribution in [2.24, 2.45) is 0 Å². The van der Waals surface area contributed by atoms with E-state index in [1.807, 2.05) is 84.9 Å². The van der Waals surface area contributed by atoms with E-state index < -0.39 is 12.2 Å². The van der Waals surface area contributed by atoms with Crippen LogP contribution in [-0.2, 0) is 38.8 Å². The number of ether oxygens (including phenoxy) is 6. The Bertz CT molecular complexity index is 1210. The van der Waals surface area contributed by atoms with Crippen molar-refractivity contribution in [3.8, 4) is 11.5 Å². The lowest BCUT2D eigenvalue weighted by Crippen LogP contribution is -2.32. The smallest absolute Gasteiger partial charge is 0.124 e. The summed E-state index contributed by atoms with van der Waals surface area (Å²) < 4.78 is 34.6. The third-order valence-electron chi connectivity index (χ3n) is 7.23. The Kier molecular flexibility index (Phi) is 13.3. The molecule has 0 saturated heterocycles. The second-order valence-corrected chi connectivity index (χ2v) is 10.7. The van der Waals surface area contributed by atoms with Crippen LogP contribution in [0.2, 0.25) is 0 Å². The summed E-state index contributed by atoms with van der Waals surface area (Å²) in [7, 11) is 3.28. The number of methoxy groups -OCH3 is 2. The summed E-state index contributed by atoms with van der Waals surface area (Å²) in [5.41, 5.74) is 3.16. The van der Waals surface area contributed by atoms with Crippen LogP contribution in [0, 0.1) is 0 Å². The molecule has 0 unspecified atom stereocenters. The Hall–Kier alpha value is -3.40. The third-order valence-corrected chi connectivity index (χ3v) is 7.23. The molecular weight excluding hydrogens is 548 g/mol. The first-order valence-electron chi connectivity index (χ1n) is 14.8. The van der Waals surface area contributed by atoms with Gasteiger partial charge in [0.05, 0.1) is 64.7 Å². The Labute approximate surface area is 254 Å². The summed E-state index contributed by atoms with van der Waals surface area (Å²) in [5.74, 6) is 2.24. The van der Waals surface area contributed by atoms with Gasteiger partial charge in [0, 0.05) is 19.4 Å². The number of benzene rings is 3. The van der Waals surface area contributed by atoms with E-state index in [4.69, 9.17) is 28.4 Å². The van der Waals surface area contributed by atoms with E-state index in [0.29, 0.717) is 51.6 Å². The molecule has 0 radical (unpaired) electrons. The molecule has 1 heterocycles. The fourth-order valence-electron chi connectivity index (χ4n) is 4.86. The van der Waals surface area contributed by atoms with Crippen LogP contribution in [0.15, 0.2) is 90.7 Å². The molecule has 4 rings (SSSR count). The van der Waals surface area contributed by atoms with E-state index in [0.717, 1.165) is 28.2 Å². The predicted octanol–water partition coefficient (Wildman–Crippen LogP) is 5.59. The Morgan fingerprint density at radius 2 is 1.35 bits per heavy atom. The topological polar surface area (TPSA) is 95.8 Å². The van der Waals surface area contributed by atoms with Crippen LogP contribution in [-0.4, -0.2) is 62.1 Å². The second-order valence-electron chi connectivity index (χ2n) is 10.7. The van der Waals surface area contributed by atoms with Gasteiger partial charge in [0.25, 0.3) is 0 Å². The maximum absolute atomic E-state index is 10.8. The Balaban J connectivity index is 1.25. The van der Waals surface area contributed by atoms with Gasteiger partial charge in [0.15, 0.2) is 0 Å². The van der Waals surface area contributed by atoms with E-state index >= 15 is 0 Å². The van der Waals surface area contributed by atoms with Gasteiger partial charge in [0.1, 0.15) is 17.6 Å². The molecule has 0 saturated carbocycles. The molecule has 2 N–H and O–H groups in total. The molecule has 0 aliphatic carbocycles. The van der Waals surface area contributed by atoms with Gasteiger partial charge in [-0.3, -0.25) is 0 Å². The van der Waals surface area contributed by atoms with Gasteiger partial charge in [-0.1, -0.05) is 54.6 Å². The van der Waals surface area contributed by atoms with Crippen LogP contribution in [0.4, 0.5) is 0 Å². The lowest BCUT2D eigenvalue weighted by molar-refractivity contribution is -0.0508. The molecule has 0 bridgehead atoms. The molecule has 43 heavy (non-hydrogen) atoms. The zero-order chi connectivity index (χ0) is 30.3. The molecule has 1 aliphatic rings. The molecule has 3 aromatic rings. The highest BCUT2D eigenvalue weighted by Gasteiger charge is 2.26. The third kappa shape index (κ3) is 11.7. The van der Waals surface area contributed by atoms with Gasteiger partial charge >= 0.3 is 0 Å². The minimum absolute atomic E-state index is 0.195. The number of hydrogen-bond acceptors (Lipinski definition) is 8. The molecule has 0 aromatic heterocycles. The normalized spacial score (nSPS) is 17.9. The van der Waals surface area contributed by atoms with Crippen molar-refractivity contribution in [3.63, 3.8) is 0 Å². The van der Waals surface area contributed by atoms with E-state index in [2.05, 4.69) is 0 Å². The largest absolute Gasteiger partial charge is 0.497 e. The van der Waals surface area contributed by atoms with Gasteiger partial charge in [-0.2, -0.15) is 0 Å². The van der Waals surface area contributed by atoms with Crippen LogP contribution < -0.4 is 9.47 Å². The van der Waals surface area contributed by atoms with Crippen molar-refractivity contribution in [1.29, 1.82) is 0 Å². The van der Waals surface area contributed by atoms with Gasteiger partial charge in [-0.15, -0.1) is 0 Å². The van der Waals surface area contributed by atoms with Gasteiger partial charge in [-0.25, -0.2) is 0 Å². The van der Waals surface area contributed by atoms with E-state index in [1.54, 1.807) is 14.2 Å². The maximum atomic E-state index is 10.8. The Morgan fingerprint density at radius 1 is 0.744 bits per heavy atom. The zero-order valence-corrected chi connectivity index (χ0v) is 25.1. The second kappa shape index (κ2) is 17.7. The van der Waals surface area contributed by atoms with Crippen molar-refractivity contribution in [2.45, 2.75) is 69.9 Å². The van der Waals surface area contributed by atoms with Crippen molar-refractivity contribution < 1.29 is 38.6 Å². The standard InChI is InChI=1S/C35H44O8/c1-38-31-12-8-27(9-13-31)22-40-17-16-29(36)18-30(37)19-34-20-33(42-24-28-10-14-32(39-2)15-11-28)21-35(43-34)25-41-23-26-6-4-3-5-7-26/h3-15,20,29-30,33,35-37H,16-19,21-25H2,1-2H3/t29-,30+,33+,35+/m0/s1. The SMILES string of the molecule is COc1ccc(COCC[C@H](O)C[C@@H](O)CC2=C[C@@H](OCc3ccc(OC)cc3)C[C@H](COCc3ccccc3)O2)cc1. The van der Waals surface area contributed by atoms with Crippen molar-refractivity contribution in [3.05, 3.63) is 107 Å². The van der Waals surface area contributed by atoms with Crippen LogP contribution in [0.3, 0.4) is 0 Å². The average Bonchev–Trinajstić information content (AvgIpc) is 3.03. The highest BCUT2D eigenvalue weighted by Crippen LogP contribution is 2.26. The fraction of sp³-hybridized carbons (Fsp3) is 0.429. The minimum Gasteiger partial charge on any atom is -0.497 e. The van der Waals surface area contributed by atoms with E-state index in [9.17, 15) is 10.2 Å². The van der Waals surface area contributed by atoms with Crippen LogP contribution in [0.5, 0.6) is 11.5 Å². The highest BCUT2D eigenvalue weighted by atomic mass is 16.5. The quantitative estimate of drug-likeness (QED) is 0.185. The molecule has 0 spiro atoms. The van der Waals surface area contributed by atoms with Crippen LogP contribution >= 0.6 is 0 Å². The lowest BCUT2D eigenvalue weighted by Gasteiger charge is -2.31. The Morgan fingerprint density at radius 3 is 2.00 bits per heavy atom. The fourth-order valence-corrected chi connectivity index (χ4v) is 4.86. The molecule has 8 nitrogen and oxygen atoms in total. The highest BCUT2D eigenvalue weighted by molar-refractivity contribution is 5.27. The first-order chi connectivity index (χ1) is 21.0. The zero-order valence-electron chi connectivity index (χ0n) is 25.1. The first-order valence-corrected chi connectivity index (χ1v) is 14.8. The van der Waals surface area contributed by atoms with Crippen molar-refractivity contribution in [2.75, 3.05) is 27.4 Å². The summed E-state index contributed by atoms with van der Waals surface area (Å²) in [6.07, 6.45) is 1.63. The lowest BCUT2D eigenvalue weighted by atomic mass is 10.0. The molecule has 232 valence electrons. The molecule has 0 amide bonds. The number of hydrogen-bond donors (Lipinski definition) is 2. The monoisotopic (exact) mass is 592 g/mol. The van der Waals surface area contributed by atoms with Gasteiger partial charge in [0.2, 0.25) is 0 Å². The predicted molar refractivity (Wildman–Crippen MR) is 164 cm³/mol. The van der Waals surface area contributed by atoms with Crippen LogP contribution in [0.1, 0.15) is 42.4 Å². The number of aliphatic hydroxyl groups is 2. The minimum atomic E-state index is -0.769. The van der Waals surface area contributed by atoms with Gasteiger partial charge < -0.3 is 38.6 Å². The molecule has 8 heteroatoms. The van der Waals surface area contributed by atoms with Crippen molar-refractivity contribution in [1.82, 2.24) is 0 Å². The van der Waals surface area contributed by atoms with Crippen molar-refractivity contribution >= 4 is 0 Å². The summed E-state index contributed by atoms with van der Waals surface area (Å²) in [6.45, 7) is 2.17. The summed E-state index contributed by atoms with van der Waals surface area (Å²) in [4.78, 5) is 0. The molecule has 3 aromatic carbocycles. The van der Waals surface area contributed by atoms with E-state index in [-0.39, 0.29) is 25.0 Å². The molecule has 0 fully saturated rings. The number of rotatable bonds is 18. The van der Waals surface area contributed by atoms with E-state index in [1.165, 1.54) is 0 Å². The maximum Gasteiger partial charge on any atom is 0.124 e. The van der Waals surface area contributed by atoms with Crippen LogP contribution in [0.25, 0.3) is 0 Å². The summed E-state index contributed by atoms with van der Waals surface area (Å²) >= 11 is 0. The molecule has 4 atom stereocenters. The molecule has 1 aliphatic heterocycles. The van der Waals surface area contributed by atoms with Gasteiger partial charge in [-0.05, 0) is 59.9 Å². The summed E-state index contributed by atoms with van der Waals surface area (Å²) in [5, 5.41) is 21.3. The first kappa shape index (κ1) is 32.5. The average molecular weight is 593 g/mol. The molecular formula is C35H44O8. The number of aliphatic hydroxyl groups excluding tert-OH is 2.